The van der Waals surface area contributed by atoms with Crippen LogP contribution in [0.2, 0.25) is 0 Å². The average molecular weight is 344 g/mol. The molecule has 1 amide bonds. The lowest BCUT2D eigenvalue weighted by molar-refractivity contribution is -0.120. The molecule has 1 N–H and O–H groups in total. The molecule has 0 aliphatic carbocycles. The van der Waals surface area contributed by atoms with Gasteiger partial charge in [0.1, 0.15) is 6.33 Å². The van der Waals surface area contributed by atoms with Gasteiger partial charge < -0.3 is 10.2 Å². The number of fused-ring (bicyclic) bond motifs is 1. The molecule has 10 heteroatoms. The molecule has 1 aliphatic rings. The quantitative estimate of drug-likeness (QED) is 0.753. The number of carbonyl (C=O) groups excluding carboxylic acids is 1. The Kier molecular flexibility index (Phi) is 3.41. The second kappa shape index (κ2) is 5.48. The Bertz CT molecular complexity index is 907. The second-order valence-electron chi connectivity index (χ2n) is 5.83. The molecule has 3 aromatic rings. The molecule has 0 spiro atoms. The summed E-state index contributed by atoms with van der Waals surface area (Å²) in [6.45, 7) is 5.12. The van der Waals surface area contributed by atoms with E-state index >= 15 is 0 Å². The van der Waals surface area contributed by atoms with Gasteiger partial charge in [0.15, 0.2) is 22.1 Å². The summed E-state index contributed by atoms with van der Waals surface area (Å²) in [5, 5.41) is 11.6. The highest BCUT2D eigenvalue weighted by Gasteiger charge is 2.35. The molecule has 4 rings (SSSR count). The summed E-state index contributed by atoms with van der Waals surface area (Å²) in [5.74, 6) is 0.624. The molecule has 9 nitrogen and oxygen atoms in total. The highest BCUT2D eigenvalue weighted by Crippen LogP contribution is 2.28. The minimum absolute atomic E-state index is 0.00977. The van der Waals surface area contributed by atoms with E-state index in [1.165, 1.54) is 17.7 Å². The van der Waals surface area contributed by atoms with Gasteiger partial charge >= 0.3 is 0 Å². The molecule has 0 bridgehead atoms. The molecule has 0 aromatic carbocycles. The molecule has 1 aliphatic heterocycles. The highest BCUT2D eigenvalue weighted by molar-refractivity contribution is 7.15. The van der Waals surface area contributed by atoms with E-state index in [0.717, 1.165) is 16.4 Å². The SMILES string of the molecule is Cc1nc(NC(=O)C2CN(c3ncnc4c3nnn4C)C2)sc1C. The Morgan fingerprint density at radius 2 is 2.12 bits per heavy atom. The number of hydrogen-bond acceptors (Lipinski definition) is 8. The number of hydrogen-bond donors (Lipinski definition) is 1. The van der Waals surface area contributed by atoms with Crippen LogP contribution in [-0.4, -0.2) is 48.9 Å². The third-order valence-electron chi connectivity index (χ3n) is 4.18. The van der Waals surface area contributed by atoms with Crippen molar-refractivity contribution in [3.8, 4) is 0 Å². The average Bonchev–Trinajstić information content (AvgIpc) is 3.02. The van der Waals surface area contributed by atoms with Gasteiger partial charge in [-0.1, -0.05) is 5.21 Å². The van der Waals surface area contributed by atoms with Crippen LogP contribution in [0.5, 0.6) is 0 Å². The lowest BCUT2D eigenvalue weighted by atomic mass is 9.99. The van der Waals surface area contributed by atoms with Crippen LogP contribution in [0.1, 0.15) is 10.6 Å². The van der Waals surface area contributed by atoms with E-state index in [0.29, 0.717) is 29.4 Å². The standard InChI is InChI=1S/C14H16N8OS/c1-7-8(2)24-14(17-7)18-13(23)9-4-22(5-9)12-10-11(15-6-16-12)21(3)20-19-10/h6,9H,4-5H2,1-3H3,(H,17,18,23). The monoisotopic (exact) mass is 344 g/mol. The normalized spacial score (nSPS) is 14.9. The van der Waals surface area contributed by atoms with Gasteiger partial charge in [0.2, 0.25) is 5.91 Å². The fourth-order valence-electron chi connectivity index (χ4n) is 2.62. The lowest BCUT2D eigenvalue weighted by Gasteiger charge is -2.38. The number of amides is 1. The third kappa shape index (κ3) is 2.39. The Morgan fingerprint density at radius 1 is 1.33 bits per heavy atom. The van der Waals surface area contributed by atoms with E-state index in [-0.39, 0.29) is 11.8 Å². The fraction of sp³-hybridized carbons (Fsp3) is 0.429. The van der Waals surface area contributed by atoms with Crippen molar-refractivity contribution in [2.75, 3.05) is 23.3 Å². The van der Waals surface area contributed by atoms with Crippen molar-refractivity contribution in [1.82, 2.24) is 29.9 Å². The minimum Gasteiger partial charge on any atom is -0.353 e. The van der Waals surface area contributed by atoms with Gasteiger partial charge in [0, 0.05) is 25.0 Å². The highest BCUT2D eigenvalue weighted by atomic mass is 32.1. The third-order valence-corrected chi connectivity index (χ3v) is 5.17. The van der Waals surface area contributed by atoms with Gasteiger partial charge in [-0.25, -0.2) is 19.6 Å². The lowest BCUT2D eigenvalue weighted by Crippen LogP contribution is -2.52. The van der Waals surface area contributed by atoms with E-state index in [2.05, 4.69) is 30.6 Å². The number of thiazole rings is 1. The number of nitrogens with one attached hydrogen (secondary N) is 1. The van der Waals surface area contributed by atoms with Gasteiger partial charge in [-0.15, -0.1) is 16.4 Å². The first-order valence-electron chi connectivity index (χ1n) is 7.53. The summed E-state index contributed by atoms with van der Waals surface area (Å²) >= 11 is 1.50. The smallest absolute Gasteiger partial charge is 0.232 e. The first-order valence-corrected chi connectivity index (χ1v) is 8.35. The second-order valence-corrected chi connectivity index (χ2v) is 7.04. The molecule has 24 heavy (non-hydrogen) atoms. The maximum absolute atomic E-state index is 12.3. The first kappa shape index (κ1) is 14.9. The van der Waals surface area contributed by atoms with Crippen molar-refractivity contribution in [3.63, 3.8) is 0 Å². The van der Waals surface area contributed by atoms with Crippen molar-refractivity contribution < 1.29 is 4.79 Å². The summed E-state index contributed by atoms with van der Waals surface area (Å²) in [5.41, 5.74) is 2.29. The van der Waals surface area contributed by atoms with E-state index in [1.54, 1.807) is 11.7 Å². The summed E-state index contributed by atoms with van der Waals surface area (Å²) in [6.07, 6.45) is 1.50. The van der Waals surface area contributed by atoms with Crippen molar-refractivity contribution in [2.45, 2.75) is 13.8 Å². The number of carbonyl (C=O) groups is 1. The van der Waals surface area contributed by atoms with Crippen LogP contribution in [-0.2, 0) is 11.8 Å². The fourth-order valence-corrected chi connectivity index (χ4v) is 3.44. The molecular weight excluding hydrogens is 328 g/mol. The van der Waals surface area contributed by atoms with Crippen LogP contribution in [0.3, 0.4) is 0 Å². The molecule has 1 saturated heterocycles. The number of anilines is 2. The Hall–Kier alpha value is -2.62. The van der Waals surface area contributed by atoms with Crippen molar-refractivity contribution >= 4 is 39.4 Å². The largest absolute Gasteiger partial charge is 0.353 e. The molecule has 4 heterocycles. The van der Waals surface area contributed by atoms with Crippen LogP contribution < -0.4 is 10.2 Å². The molecular formula is C14H16N8OS. The number of aromatic nitrogens is 6. The van der Waals surface area contributed by atoms with E-state index in [4.69, 9.17) is 0 Å². The molecule has 124 valence electrons. The maximum atomic E-state index is 12.3. The number of rotatable bonds is 3. The van der Waals surface area contributed by atoms with Crippen molar-refractivity contribution in [2.24, 2.45) is 13.0 Å². The zero-order chi connectivity index (χ0) is 16.8. The zero-order valence-electron chi connectivity index (χ0n) is 13.5. The Morgan fingerprint density at radius 3 is 2.83 bits per heavy atom. The molecule has 3 aromatic heterocycles. The molecule has 0 unspecified atom stereocenters. The predicted octanol–water partition coefficient (Wildman–Crippen LogP) is 0.907. The molecule has 0 radical (unpaired) electrons. The van der Waals surface area contributed by atoms with E-state index < -0.39 is 0 Å². The molecule has 1 fully saturated rings. The van der Waals surface area contributed by atoms with Crippen LogP contribution in [0.15, 0.2) is 6.33 Å². The number of nitrogens with zero attached hydrogens (tertiary/aromatic N) is 7. The van der Waals surface area contributed by atoms with Gasteiger partial charge in [-0.3, -0.25) is 4.79 Å². The van der Waals surface area contributed by atoms with Gasteiger partial charge in [-0.05, 0) is 13.8 Å². The topological polar surface area (TPSA) is 102 Å². The summed E-state index contributed by atoms with van der Waals surface area (Å²) in [4.78, 5) is 28.3. The van der Waals surface area contributed by atoms with Crippen LogP contribution in [0.4, 0.5) is 10.9 Å². The zero-order valence-corrected chi connectivity index (χ0v) is 14.3. The van der Waals surface area contributed by atoms with E-state index in [1.807, 2.05) is 18.7 Å². The van der Waals surface area contributed by atoms with Gasteiger partial charge in [-0.2, -0.15) is 0 Å². The minimum atomic E-state index is -0.0869. The molecule has 0 saturated carbocycles. The maximum Gasteiger partial charge on any atom is 0.232 e. The predicted molar refractivity (Wildman–Crippen MR) is 90.0 cm³/mol. The first-order chi connectivity index (χ1) is 11.5. The van der Waals surface area contributed by atoms with Crippen molar-refractivity contribution in [1.29, 1.82) is 0 Å². The van der Waals surface area contributed by atoms with Gasteiger partial charge in [0.05, 0.1) is 11.6 Å². The van der Waals surface area contributed by atoms with Crippen molar-refractivity contribution in [3.05, 3.63) is 16.9 Å². The van der Waals surface area contributed by atoms with Gasteiger partial charge in [0.25, 0.3) is 0 Å². The van der Waals surface area contributed by atoms with E-state index in [9.17, 15) is 4.79 Å². The Labute approximate surface area is 141 Å². The van der Waals surface area contributed by atoms with Crippen LogP contribution in [0, 0.1) is 19.8 Å². The molecule has 0 atom stereocenters. The summed E-state index contributed by atoms with van der Waals surface area (Å²) in [6, 6.07) is 0. The summed E-state index contributed by atoms with van der Waals surface area (Å²) in [7, 11) is 1.79. The Balaban J connectivity index is 1.44. The van der Waals surface area contributed by atoms with Crippen LogP contribution in [0.25, 0.3) is 11.2 Å². The number of aryl methyl sites for hydroxylation is 3. The summed E-state index contributed by atoms with van der Waals surface area (Å²) < 4.78 is 1.61. The van der Waals surface area contributed by atoms with Crippen LogP contribution >= 0.6 is 11.3 Å².